The summed E-state index contributed by atoms with van der Waals surface area (Å²) in [6.07, 6.45) is 4.67. The Morgan fingerprint density at radius 3 is 2.94 bits per heavy atom. The number of nitrogens with one attached hydrogen (secondary N) is 1. The van der Waals surface area contributed by atoms with Crippen LogP contribution in [0.25, 0.3) is 0 Å². The van der Waals surface area contributed by atoms with Crippen LogP contribution in [0.15, 0.2) is 18.5 Å². The molecule has 0 amide bonds. The van der Waals surface area contributed by atoms with Gasteiger partial charge in [-0.05, 0) is 31.4 Å². The fraction of sp³-hybridized carbons (Fsp3) is 0.545. The minimum Gasteiger partial charge on any atom is -0.394 e. The predicted molar refractivity (Wildman–Crippen MR) is 62.0 cm³/mol. The van der Waals surface area contributed by atoms with Crippen LogP contribution in [0.4, 0.5) is 4.39 Å². The monoisotopic (exact) mass is 246 g/mol. The van der Waals surface area contributed by atoms with Gasteiger partial charge in [0.05, 0.1) is 12.8 Å². The molecule has 0 aromatic carbocycles. The van der Waals surface area contributed by atoms with Crippen LogP contribution in [0.3, 0.4) is 0 Å². The number of rotatable bonds is 2. The first-order valence-corrected chi connectivity index (χ1v) is 5.12. The van der Waals surface area contributed by atoms with Gasteiger partial charge < -0.3 is 10.4 Å². The number of aromatic nitrogens is 1. The molecular weight excluding hydrogens is 231 g/mol. The molecule has 0 saturated carbocycles. The van der Waals surface area contributed by atoms with Crippen LogP contribution in [-0.2, 0) is 0 Å². The Bertz CT molecular complexity index is 364. The summed E-state index contributed by atoms with van der Waals surface area (Å²) in [6, 6.07) is 1.60. The molecule has 90 valence electrons. The number of hydrogen-bond acceptors (Lipinski definition) is 3. The molecule has 0 bridgehead atoms. The zero-order valence-electron chi connectivity index (χ0n) is 9.11. The molecule has 2 rings (SSSR count). The van der Waals surface area contributed by atoms with E-state index in [4.69, 9.17) is 0 Å². The van der Waals surface area contributed by atoms with Crippen molar-refractivity contribution in [2.75, 3.05) is 6.61 Å². The topological polar surface area (TPSA) is 45.2 Å². The molecule has 1 aliphatic heterocycles. The molecule has 0 unspecified atom stereocenters. The number of aliphatic hydroxyl groups excluding tert-OH is 1. The highest BCUT2D eigenvalue weighted by Gasteiger charge is 2.34. The smallest absolute Gasteiger partial charge is 0.141 e. The zero-order chi connectivity index (χ0) is 10.9. The van der Waals surface area contributed by atoms with Crippen LogP contribution >= 0.6 is 12.4 Å². The lowest BCUT2D eigenvalue weighted by Gasteiger charge is -2.23. The van der Waals surface area contributed by atoms with E-state index < -0.39 is 0 Å². The number of pyridine rings is 1. The minimum atomic E-state index is -0.313. The molecule has 1 saturated heterocycles. The van der Waals surface area contributed by atoms with E-state index >= 15 is 0 Å². The summed E-state index contributed by atoms with van der Waals surface area (Å²) in [4.78, 5) is 3.82. The summed E-state index contributed by atoms with van der Waals surface area (Å²) in [5.74, 6) is -0.313. The van der Waals surface area contributed by atoms with E-state index in [9.17, 15) is 9.50 Å². The molecule has 2 atom stereocenters. The molecule has 5 heteroatoms. The Balaban J connectivity index is 0.00000128. The second kappa shape index (κ2) is 5.08. The molecular formula is C11H16ClFN2O. The molecule has 1 aliphatic rings. The fourth-order valence-corrected chi connectivity index (χ4v) is 2.02. The van der Waals surface area contributed by atoms with Crippen molar-refractivity contribution in [2.24, 2.45) is 0 Å². The molecule has 3 nitrogen and oxygen atoms in total. The third-order valence-corrected chi connectivity index (χ3v) is 2.98. The van der Waals surface area contributed by atoms with Crippen LogP contribution < -0.4 is 5.32 Å². The first kappa shape index (κ1) is 13.4. The lowest BCUT2D eigenvalue weighted by Crippen LogP contribution is -2.40. The maximum Gasteiger partial charge on any atom is 0.141 e. The second-order valence-corrected chi connectivity index (χ2v) is 4.39. The van der Waals surface area contributed by atoms with E-state index in [2.05, 4.69) is 10.3 Å². The lowest BCUT2D eigenvalue weighted by molar-refractivity contribution is 0.187. The number of halogens is 2. The molecule has 0 radical (unpaired) electrons. The average molecular weight is 247 g/mol. The maximum absolute atomic E-state index is 13.0. The summed E-state index contributed by atoms with van der Waals surface area (Å²) < 4.78 is 13.0. The van der Waals surface area contributed by atoms with Gasteiger partial charge in [-0.25, -0.2) is 4.39 Å². The van der Waals surface area contributed by atoms with Crippen molar-refractivity contribution < 1.29 is 9.50 Å². The predicted octanol–water partition coefficient (Wildman–Crippen LogP) is 1.82. The molecule has 0 spiro atoms. The van der Waals surface area contributed by atoms with Crippen LogP contribution in [0.1, 0.15) is 31.4 Å². The van der Waals surface area contributed by atoms with E-state index in [0.29, 0.717) is 0 Å². The number of aliphatic hydroxyl groups is 1. The highest BCUT2D eigenvalue weighted by molar-refractivity contribution is 5.85. The SMILES string of the molecule is C[C@]1(CO)CC[C@H](c2cncc(F)c2)N1.Cl. The normalized spacial score (nSPS) is 28.8. The van der Waals surface area contributed by atoms with Gasteiger partial charge in [-0.2, -0.15) is 0 Å². The van der Waals surface area contributed by atoms with Gasteiger partial charge in [-0.1, -0.05) is 0 Å². The molecule has 1 aromatic heterocycles. The van der Waals surface area contributed by atoms with Crippen molar-refractivity contribution in [3.63, 3.8) is 0 Å². The Hall–Kier alpha value is -0.710. The summed E-state index contributed by atoms with van der Waals surface area (Å²) in [6.45, 7) is 2.08. The minimum absolute atomic E-state index is 0. The zero-order valence-corrected chi connectivity index (χ0v) is 9.93. The first-order valence-electron chi connectivity index (χ1n) is 5.12. The number of nitrogens with zero attached hydrogens (tertiary/aromatic N) is 1. The molecule has 2 N–H and O–H groups in total. The number of hydrogen-bond donors (Lipinski definition) is 2. The third-order valence-electron chi connectivity index (χ3n) is 2.98. The van der Waals surface area contributed by atoms with Gasteiger partial charge in [0.25, 0.3) is 0 Å². The lowest BCUT2D eigenvalue weighted by atomic mass is 10.0. The van der Waals surface area contributed by atoms with Crippen molar-refractivity contribution in [2.45, 2.75) is 31.3 Å². The van der Waals surface area contributed by atoms with E-state index in [0.717, 1.165) is 18.4 Å². The molecule has 0 aliphatic carbocycles. The Morgan fingerprint density at radius 2 is 2.38 bits per heavy atom. The van der Waals surface area contributed by atoms with E-state index in [1.54, 1.807) is 6.20 Å². The summed E-state index contributed by atoms with van der Waals surface area (Å²) in [7, 11) is 0. The maximum atomic E-state index is 13.0. The van der Waals surface area contributed by atoms with Crippen LogP contribution in [-0.4, -0.2) is 22.2 Å². The standard InChI is InChI=1S/C11H15FN2O.ClH/c1-11(7-15)3-2-10(14-11)8-4-9(12)6-13-5-8;/h4-6,10,14-15H,2-3,7H2,1H3;1H/t10-,11-;/m1./s1. The van der Waals surface area contributed by atoms with Gasteiger partial charge in [0.15, 0.2) is 0 Å². The summed E-state index contributed by atoms with van der Waals surface area (Å²) in [5.41, 5.74) is 0.615. The molecule has 1 fully saturated rings. The highest BCUT2D eigenvalue weighted by atomic mass is 35.5. The molecule has 1 aromatic rings. The first-order chi connectivity index (χ1) is 7.13. The van der Waals surface area contributed by atoms with E-state index in [-0.39, 0.29) is 36.4 Å². The van der Waals surface area contributed by atoms with E-state index in [1.807, 2.05) is 6.92 Å². The van der Waals surface area contributed by atoms with Gasteiger partial charge in [-0.3, -0.25) is 4.98 Å². The quantitative estimate of drug-likeness (QED) is 0.837. The van der Waals surface area contributed by atoms with E-state index in [1.165, 1.54) is 12.3 Å². The average Bonchev–Trinajstić information content (AvgIpc) is 2.62. The third kappa shape index (κ3) is 2.70. The van der Waals surface area contributed by atoms with Crippen molar-refractivity contribution in [1.29, 1.82) is 0 Å². The van der Waals surface area contributed by atoms with Gasteiger partial charge >= 0.3 is 0 Å². The summed E-state index contributed by atoms with van der Waals surface area (Å²) >= 11 is 0. The van der Waals surface area contributed by atoms with Crippen LogP contribution in [0.5, 0.6) is 0 Å². The van der Waals surface area contributed by atoms with Crippen molar-refractivity contribution >= 4 is 12.4 Å². The summed E-state index contributed by atoms with van der Waals surface area (Å²) in [5, 5.41) is 12.5. The second-order valence-electron chi connectivity index (χ2n) is 4.39. The van der Waals surface area contributed by atoms with Crippen LogP contribution in [0.2, 0.25) is 0 Å². The molecule has 2 heterocycles. The Morgan fingerprint density at radius 1 is 1.62 bits per heavy atom. The fourth-order valence-electron chi connectivity index (χ4n) is 2.02. The van der Waals surface area contributed by atoms with Gasteiger partial charge in [0.2, 0.25) is 0 Å². The van der Waals surface area contributed by atoms with Gasteiger partial charge in [-0.15, -0.1) is 12.4 Å². The van der Waals surface area contributed by atoms with Crippen LogP contribution in [0, 0.1) is 5.82 Å². The largest absolute Gasteiger partial charge is 0.394 e. The van der Waals surface area contributed by atoms with Crippen molar-refractivity contribution in [3.8, 4) is 0 Å². The molecule has 16 heavy (non-hydrogen) atoms. The Labute approximate surface area is 100 Å². The van der Waals surface area contributed by atoms with Crippen molar-refractivity contribution in [1.82, 2.24) is 10.3 Å². The highest BCUT2D eigenvalue weighted by Crippen LogP contribution is 2.32. The van der Waals surface area contributed by atoms with Gasteiger partial charge in [0.1, 0.15) is 5.82 Å². The Kier molecular flexibility index (Phi) is 4.24. The van der Waals surface area contributed by atoms with Crippen molar-refractivity contribution in [3.05, 3.63) is 29.8 Å². The van der Waals surface area contributed by atoms with Gasteiger partial charge in [0, 0.05) is 17.8 Å².